The number of nitrogens with one attached hydrogen (secondary N) is 1. The van der Waals surface area contributed by atoms with Crippen molar-refractivity contribution in [2.75, 3.05) is 18.8 Å². The first-order chi connectivity index (χ1) is 13.1. The second-order valence-electron chi connectivity index (χ2n) is 5.77. The Balaban J connectivity index is 1.69. The summed E-state index contributed by atoms with van der Waals surface area (Å²) in [7, 11) is 1.54. The molecule has 0 atom stereocenters. The predicted molar refractivity (Wildman–Crippen MR) is 102 cm³/mol. The maximum absolute atomic E-state index is 13.0. The van der Waals surface area contributed by atoms with Gasteiger partial charge in [-0.2, -0.15) is 0 Å². The van der Waals surface area contributed by atoms with Gasteiger partial charge in [0.25, 0.3) is 5.91 Å². The van der Waals surface area contributed by atoms with E-state index in [1.807, 2.05) is 0 Å². The van der Waals surface area contributed by atoms with E-state index < -0.39 is 11.9 Å². The lowest BCUT2D eigenvalue weighted by Crippen LogP contribution is -2.53. The highest BCUT2D eigenvalue weighted by Gasteiger charge is 2.34. The van der Waals surface area contributed by atoms with Crippen molar-refractivity contribution >= 4 is 40.9 Å². The van der Waals surface area contributed by atoms with Crippen molar-refractivity contribution in [3.63, 3.8) is 0 Å². The van der Waals surface area contributed by atoms with E-state index in [0.717, 1.165) is 4.90 Å². The topological polar surface area (TPSA) is 77.1 Å². The number of nitrogens with zero attached hydrogens (tertiary/aromatic N) is 1. The van der Waals surface area contributed by atoms with E-state index in [9.17, 15) is 9.59 Å². The third kappa shape index (κ3) is 3.11. The smallest absolute Gasteiger partial charge is 0.334 e. The van der Waals surface area contributed by atoms with E-state index in [2.05, 4.69) is 5.32 Å². The van der Waals surface area contributed by atoms with Gasteiger partial charge in [-0.1, -0.05) is 18.3 Å². The zero-order valence-corrected chi connectivity index (χ0v) is 15.0. The summed E-state index contributed by atoms with van der Waals surface area (Å²) >= 11 is 5.20. The third-order valence-corrected chi connectivity index (χ3v) is 4.46. The predicted octanol–water partition coefficient (Wildman–Crippen LogP) is 2.89. The average molecular weight is 382 g/mol. The molecule has 0 saturated carbocycles. The minimum Gasteiger partial charge on any atom is -0.497 e. The zero-order chi connectivity index (χ0) is 19.0. The van der Waals surface area contributed by atoms with Gasteiger partial charge in [-0.15, -0.1) is 0 Å². The number of fused-ring (bicyclic) bond motifs is 1. The van der Waals surface area contributed by atoms with Crippen LogP contribution in [0.1, 0.15) is 5.56 Å². The average Bonchev–Trinajstić information content (AvgIpc) is 3.13. The van der Waals surface area contributed by atoms with Gasteiger partial charge in [-0.25, -0.2) is 9.69 Å². The lowest BCUT2D eigenvalue weighted by molar-refractivity contribution is -0.114. The maximum atomic E-state index is 13.0. The molecule has 7 nitrogen and oxygen atoms in total. The molecule has 2 aliphatic rings. The minimum absolute atomic E-state index is 0.0763. The third-order valence-electron chi connectivity index (χ3n) is 4.14. The van der Waals surface area contributed by atoms with Gasteiger partial charge in [0.2, 0.25) is 6.79 Å². The van der Waals surface area contributed by atoms with E-state index in [0.29, 0.717) is 28.5 Å². The van der Waals surface area contributed by atoms with Gasteiger partial charge in [0.1, 0.15) is 10.7 Å². The van der Waals surface area contributed by atoms with Gasteiger partial charge in [0, 0.05) is 0 Å². The fourth-order valence-corrected chi connectivity index (χ4v) is 3.03. The van der Waals surface area contributed by atoms with E-state index in [1.165, 1.54) is 0 Å². The Hall–Kier alpha value is -3.39. The number of anilines is 1. The van der Waals surface area contributed by atoms with Crippen LogP contribution < -0.4 is 24.4 Å². The van der Waals surface area contributed by atoms with Crippen molar-refractivity contribution < 1.29 is 23.8 Å². The van der Waals surface area contributed by atoms with Crippen molar-refractivity contribution in [1.29, 1.82) is 0 Å². The standard InChI is InChI=1S/C19H14N2O5S/c1-24-13-5-3-12(4-6-13)21-18(22)14(17(27)20-19(21)23)8-11-2-7-15-16(9-11)26-10-25-15/h2-9H,10H2,1H3,(H,20,23,27). The summed E-state index contributed by atoms with van der Waals surface area (Å²) in [6, 6.07) is 11.3. The second-order valence-corrected chi connectivity index (χ2v) is 6.18. The van der Waals surface area contributed by atoms with Crippen molar-refractivity contribution in [3.8, 4) is 17.2 Å². The molecule has 2 aromatic rings. The number of imide groups is 1. The molecule has 0 aliphatic carbocycles. The number of rotatable bonds is 3. The molecular formula is C19H14N2O5S. The van der Waals surface area contributed by atoms with Crippen LogP contribution >= 0.6 is 12.2 Å². The number of hydrogen-bond donors (Lipinski definition) is 1. The molecule has 2 aliphatic heterocycles. The van der Waals surface area contributed by atoms with Crippen molar-refractivity contribution in [2.45, 2.75) is 0 Å². The number of urea groups is 1. The van der Waals surface area contributed by atoms with Crippen LogP contribution in [0.15, 0.2) is 48.0 Å². The Bertz CT molecular complexity index is 984. The largest absolute Gasteiger partial charge is 0.497 e. The van der Waals surface area contributed by atoms with Crippen LogP contribution in [0.2, 0.25) is 0 Å². The van der Waals surface area contributed by atoms with Gasteiger partial charge in [-0.3, -0.25) is 10.1 Å². The molecule has 27 heavy (non-hydrogen) atoms. The number of hydrogen-bond acceptors (Lipinski definition) is 6. The summed E-state index contributed by atoms with van der Waals surface area (Å²) in [5, 5.41) is 2.55. The highest BCUT2D eigenvalue weighted by molar-refractivity contribution is 7.81. The molecule has 0 unspecified atom stereocenters. The number of carbonyl (C=O) groups excluding carboxylic acids is 2. The number of amides is 3. The summed E-state index contributed by atoms with van der Waals surface area (Å²) in [5.74, 6) is 1.35. The quantitative estimate of drug-likeness (QED) is 0.650. The molecule has 1 saturated heterocycles. The lowest BCUT2D eigenvalue weighted by Gasteiger charge is -2.28. The van der Waals surface area contributed by atoms with Gasteiger partial charge in [0.15, 0.2) is 11.5 Å². The zero-order valence-electron chi connectivity index (χ0n) is 14.2. The number of methoxy groups -OCH3 is 1. The summed E-state index contributed by atoms with van der Waals surface area (Å²) in [4.78, 5) is 26.4. The Morgan fingerprint density at radius 1 is 1.11 bits per heavy atom. The number of carbonyl (C=O) groups is 2. The normalized spacial score (nSPS) is 17.3. The fourth-order valence-electron chi connectivity index (χ4n) is 2.79. The molecule has 1 N–H and O–H groups in total. The van der Waals surface area contributed by atoms with Crippen LogP contribution in [-0.4, -0.2) is 30.8 Å². The Kier molecular flexibility index (Phi) is 4.25. The molecular weight excluding hydrogens is 368 g/mol. The molecule has 4 rings (SSSR count). The first-order valence-corrected chi connectivity index (χ1v) is 8.43. The Labute approximate surface area is 160 Å². The Morgan fingerprint density at radius 3 is 2.59 bits per heavy atom. The molecule has 0 radical (unpaired) electrons. The maximum Gasteiger partial charge on any atom is 0.334 e. The first kappa shape index (κ1) is 17.0. The number of thiocarbonyl (C=S) groups is 1. The molecule has 0 bridgehead atoms. The second kappa shape index (κ2) is 6.73. The SMILES string of the molecule is COc1ccc(N2C(=O)NC(=S)C(=Cc3ccc4c(c3)OCO4)C2=O)cc1. The van der Waals surface area contributed by atoms with Crippen LogP contribution in [0.4, 0.5) is 10.5 Å². The molecule has 2 heterocycles. The molecule has 8 heteroatoms. The van der Waals surface area contributed by atoms with Crippen LogP contribution in [0.5, 0.6) is 17.2 Å². The summed E-state index contributed by atoms with van der Waals surface area (Å²) in [5.41, 5.74) is 1.33. The minimum atomic E-state index is -0.599. The number of ether oxygens (including phenoxy) is 3. The van der Waals surface area contributed by atoms with E-state index >= 15 is 0 Å². The summed E-state index contributed by atoms with van der Waals surface area (Å²) in [6.07, 6.45) is 1.61. The summed E-state index contributed by atoms with van der Waals surface area (Å²) < 4.78 is 15.7. The van der Waals surface area contributed by atoms with E-state index in [4.69, 9.17) is 26.4 Å². The van der Waals surface area contributed by atoms with E-state index in [1.54, 1.807) is 55.7 Å². The van der Waals surface area contributed by atoms with Crippen LogP contribution in [-0.2, 0) is 4.79 Å². The first-order valence-electron chi connectivity index (χ1n) is 8.02. The van der Waals surface area contributed by atoms with Crippen LogP contribution in [0, 0.1) is 0 Å². The molecule has 2 aromatic carbocycles. The molecule has 0 aromatic heterocycles. The monoisotopic (exact) mass is 382 g/mol. The summed E-state index contributed by atoms with van der Waals surface area (Å²) in [6.45, 7) is 0.161. The van der Waals surface area contributed by atoms with E-state index in [-0.39, 0.29) is 17.4 Å². The molecule has 0 spiro atoms. The molecule has 1 fully saturated rings. The van der Waals surface area contributed by atoms with Gasteiger partial charge in [-0.05, 0) is 48.0 Å². The van der Waals surface area contributed by atoms with Crippen LogP contribution in [0.25, 0.3) is 6.08 Å². The van der Waals surface area contributed by atoms with Crippen molar-refractivity contribution in [2.24, 2.45) is 0 Å². The highest BCUT2D eigenvalue weighted by atomic mass is 32.1. The molecule has 136 valence electrons. The van der Waals surface area contributed by atoms with Gasteiger partial charge in [0.05, 0.1) is 18.4 Å². The number of benzene rings is 2. The van der Waals surface area contributed by atoms with Gasteiger partial charge < -0.3 is 14.2 Å². The van der Waals surface area contributed by atoms with Gasteiger partial charge >= 0.3 is 6.03 Å². The Morgan fingerprint density at radius 2 is 1.85 bits per heavy atom. The lowest BCUT2D eigenvalue weighted by atomic mass is 10.1. The van der Waals surface area contributed by atoms with Crippen molar-refractivity contribution in [3.05, 3.63) is 53.6 Å². The molecule has 3 amide bonds. The van der Waals surface area contributed by atoms with Crippen LogP contribution in [0.3, 0.4) is 0 Å². The fraction of sp³-hybridized carbons (Fsp3) is 0.105. The highest BCUT2D eigenvalue weighted by Crippen LogP contribution is 2.33. The van der Waals surface area contributed by atoms with Crippen molar-refractivity contribution in [1.82, 2.24) is 5.32 Å².